The number of Topliss-reactive ketones (excluding diaryl/α,β-unsaturated/α-hetero) is 1. The van der Waals surface area contributed by atoms with E-state index in [1.165, 1.54) is 48.5 Å². The van der Waals surface area contributed by atoms with Crippen molar-refractivity contribution in [3.8, 4) is 5.75 Å². The molecular formula is C16H14O6S. The molecule has 0 fully saturated rings. The molecule has 0 heterocycles. The molecule has 2 aromatic rings. The summed E-state index contributed by atoms with van der Waals surface area (Å²) < 4.78 is 27.6. The van der Waals surface area contributed by atoms with E-state index in [0.29, 0.717) is 5.56 Å². The van der Waals surface area contributed by atoms with Gasteiger partial charge in [-0.1, -0.05) is 24.3 Å². The van der Waals surface area contributed by atoms with Crippen LogP contribution < -0.4 is 4.74 Å². The monoisotopic (exact) mass is 334 g/mol. The van der Waals surface area contributed by atoms with Gasteiger partial charge in [0.25, 0.3) is 5.78 Å². The minimum Gasteiger partial charge on any atom is -0.421 e. The number of ketones is 1. The molecule has 0 aromatic heterocycles. The largest absolute Gasteiger partial charge is 0.421 e. The fourth-order valence-corrected chi connectivity index (χ4v) is 2.42. The molecule has 7 heteroatoms. The average Bonchev–Trinajstić information content (AvgIpc) is 2.54. The van der Waals surface area contributed by atoms with Crippen LogP contribution in [0.15, 0.2) is 53.4 Å². The topological polar surface area (TPSA) is 97.7 Å². The molecule has 0 aliphatic rings. The minimum atomic E-state index is -3.34. The fraction of sp³-hybridized carbons (Fsp3) is 0.125. The summed E-state index contributed by atoms with van der Waals surface area (Å²) in [6, 6.07) is 11.1. The summed E-state index contributed by atoms with van der Waals surface area (Å²) in [4.78, 5) is 23.8. The number of hydrogen-bond donors (Lipinski definition) is 1. The van der Waals surface area contributed by atoms with Crippen molar-refractivity contribution in [2.45, 2.75) is 11.5 Å². The van der Waals surface area contributed by atoms with Crippen LogP contribution in [-0.2, 0) is 21.2 Å². The number of rotatable bonds is 5. The molecule has 0 unspecified atom stereocenters. The molecule has 0 atom stereocenters. The Morgan fingerprint density at radius 3 is 2.04 bits per heavy atom. The zero-order valence-corrected chi connectivity index (χ0v) is 13.0. The van der Waals surface area contributed by atoms with Crippen LogP contribution in [0.5, 0.6) is 5.75 Å². The second kappa shape index (κ2) is 6.72. The first kappa shape index (κ1) is 16.9. The van der Waals surface area contributed by atoms with E-state index in [1.807, 2.05) is 0 Å². The molecule has 0 spiro atoms. The van der Waals surface area contributed by atoms with E-state index in [0.717, 1.165) is 6.26 Å². The van der Waals surface area contributed by atoms with Crippen molar-refractivity contribution in [3.63, 3.8) is 0 Å². The van der Waals surface area contributed by atoms with Crippen molar-refractivity contribution in [1.29, 1.82) is 0 Å². The SMILES string of the molecule is CS(=O)(=O)c1ccc(OC(=O)C(=O)c2ccc(CO)cc2)cc1. The van der Waals surface area contributed by atoms with Crippen LogP contribution in [-0.4, -0.2) is 31.5 Å². The molecule has 0 aliphatic carbocycles. The number of ether oxygens (including phenoxy) is 1. The zero-order valence-electron chi connectivity index (χ0n) is 12.2. The number of benzene rings is 2. The van der Waals surface area contributed by atoms with Gasteiger partial charge in [-0.3, -0.25) is 4.79 Å². The van der Waals surface area contributed by atoms with Crippen LogP contribution in [0.3, 0.4) is 0 Å². The van der Waals surface area contributed by atoms with Crippen LogP contribution in [0, 0.1) is 0 Å². The summed E-state index contributed by atoms with van der Waals surface area (Å²) in [6.45, 7) is -0.161. The van der Waals surface area contributed by atoms with E-state index >= 15 is 0 Å². The van der Waals surface area contributed by atoms with Crippen molar-refractivity contribution < 1.29 is 27.9 Å². The number of hydrogen-bond acceptors (Lipinski definition) is 6. The summed E-state index contributed by atoms with van der Waals surface area (Å²) in [7, 11) is -3.34. The molecule has 23 heavy (non-hydrogen) atoms. The number of aliphatic hydroxyl groups is 1. The van der Waals surface area contributed by atoms with Crippen molar-refractivity contribution in [2.24, 2.45) is 0 Å². The van der Waals surface area contributed by atoms with Crippen molar-refractivity contribution in [1.82, 2.24) is 0 Å². The molecule has 0 saturated heterocycles. The first-order valence-electron chi connectivity index (χ1n) is 6.57. The van der Waals surface area contributed by atoms with Gasteiger partial charge in [0.15, 0.2) is 9.84 Å². The van der Waals surface area contributed by atoms with Gasteiger partial charge in [-0.2, -0.15) is 0 Å². The number of sulfone groups is 1. The maximum Gasteiger partial charge on any atom is 0.385 e. The molecule has 0 aliphatic heterocycles. The van der Waals surface area contributed by atoms with Gasteiger partial charge in [-0.05, 0) is 29.8 Å². The Kier molecular flexibility index (Phi) is 4.92. The van der Waals surface area contributed by atoms with E-state index < -0.39 is 21.6 Å². The second-order valence-corrected chi connectivity index (χ2v) is 6.83. The van der Waals surface area contributed by atoms with Crippen LogP contribution in [0.2, 0.25) is 0 Å². The Balaban J connectivity index is 2.10. The van der Waals surface area contributed by atoms with Gasteiger partial charge in [-0.15, -0.1) is 0 Å². The molecule has 2 aromatic carbocycles. The molecule has 2 rings (SSSR count). The highest BCUT2D eigenvalue weighted by molar-refractivity contribution is 7.90. The Morgan fingerprint density at radius 2 is 1.57 bits per heavy atom. The summed E-state index contributed by atoms with van der Waals surface area (Å²) >= 11 is 0. The van der Waals surface area contributed by atoms with Crippen molar-refractivity contribution in [3.05, 3.63) is 59.7 Å². The summed E-state index contributed by atoms with van der Waals surface area (Å²) in [5, 5.41) is 8.93. The lowest BCUT2D eigenvalue weighted by molar-refractivity contribution is -0.129. The number of aliphatic hydroxyl groups excluding tert-OH is 1. The van der Waals surface area contributed by atoms with Gasteiger partial charge >= 0.3 is 5.97 Å². The average molecular weight is 334 g/mol. The lowest BCUT2D eigenvalue weighted by Crippen LogP contribution is -2.20. The highest BCUT2D eigenvalue weighted by Crippen LogP contribution is 2.16. The number of carbonyl (C=O) groups is 2. The highest BCUT2D eigenvalue weighted by atomic mass is 32.2. The Labute approximate surface area is 133 Å². The molecule has 0 bridgehead atoms. The Morgan fingerprint density at radius 1 is 1.00 bits per heavy atom. The fourth-order valence-electron chi connectivity index (χ4n) is 1.79. The molecular weight excluding hydrogens is 320 g/mol. The Hall–Kier alpha value is -2.51. The summed E-state index contributed by atoms with van der Waals surface area (Å²) in [6.07, 6.45) is 1.06. The first-order chi connectivity index (χ1) is 10.8. The lowest BCUT2D eigenvalue weighted by atomic mass is 10.1. The molecule has 0 radical (unpaired) electrons. The van der Waals surface area contributed by atoms with Crippen molar-refractivity contribution in [2.75, 3.05) is 6.26 Å². The van der Waals surface area contributed by atoms with Gasteiger partial charge < -0.3 is 9.84 Å². The third-order valence-corrected chi connectivity index (χ3v) is 4.17. The molecule has 0 saturated carbocycles. The second-order valence-electron chi connectivity index (χ2n) is 4.82. The third-order valence-electron chi connectivity index (χ3n) is 3.05. The molecule has 1 N–H and O–H groups in total. The predicted molar refractivity (Wildman–Crippen MR) is 81.9 cm³/mol. The summed E-state index contributed by atoms with van der Waals surface area (Å²) in [5.74, 6) is -1.83. The van der Waals surface area contributed by atoms with Gasteiger partial charge in [-0.25, -0.2) is 13.2 Å². The van der Waals surface area contributed by atoms with Crippen LogP contribution in [0.1, 0.15) is 15.9 Å². The van der Waals surface area contributed by atoms with E-state index in [1.54, 1.807) is 0 Å². The van der Waals surface area contributed by atoms with E-state index in [-0.39, 0.29) is 22.8 Å². The van der Waals surface area contributed by atoms with E-state index in [4.69, 9.17) is 9.84 Å². The van der Waals surface area contributed by atoms with Crippen molar-refractivity contribution >= 4 is 21.6 Å². The van der Waals surface area contributed by atoms with Gasteiger partial charge in [0.05, 0.1) is 11.5 Å². The third kappa shape index (κ3) is 4.24. The minimum absolute atomic E-state index is 0.0720. The summed E-state index contributed by atoms with van der Waals surface area (Å²) in [5.41, 5.74) is 0.756. The Bertz CT molecular complexity index is 820. The normalized spacial score (nSPS) is 11.0. The highest BCUT2D eigenvalue weighted by Gasteiger charge is 2.19. The lowest BCUT2D eigenvalue weighted by Gasteiger charge is -2.05. The van der Waals surface area contributed by atoms with Gasteiger partial charge in [0, 0.05) is 11.8 Å². The quantitative estimate of drug-likeness (QED) is 0.384. The zero-order chi connectivity index (χ0) is 17.0. The predicted octanol–water partition coefficient (Wildman–Crippen LogP) is 1.37. The number of carbonyl (C=O) groups excluding carboxylic acids is 2. The number of esters is 1. The molecule has 120 valence electrons. The van der Waals surface area contributed by atoms with Gasteiger partial charge in [0.2, 0.25) is 0 Å². The van der Waals surface area contributed by atoms with Gasteiger partial charge in [0.1, 0.15) is 5.75 Å². The van der Waals surface area contributed by atoms with E-state index in [2.05, 4.69) is 0 Å². The van der Waals surface area contributed by atoms with Crippen LogP contribution >= 0.6 is 0 Å². The smallest absolute Gasteiger partial charge is 0.385 e. The van der Waals surface area contributed by atoms with E-state index in [9.17, 15) is 18.0 Å². The maximum atomic E-state index is 11.9. The van der Waals surface area contributed by atoms with Crippen LogP contribution in [0.25, 0.3) is 0 Å². The first-order valence-corrected chi connectivity index (χ1v) is 8.47. The van der Waals surface area contributed by atoms with Crippen LogP contribution in [0.4, 0.5) is 0 Å². The standard InChI is InChI=1S/C16H14O6S/c1-23(20,21)14-8-6-13(7-9-14)22-16(19)15(18)12-4-2-11(10-17)3-5-12/h2-9,17H,10H2,1H3. The molecule has 6 nitrogen and oxygen atoms in total. The molecule has 0 amide bonds. The maximum absolute atomic E-state index is 11.9.